The summed E-state index contributed by atoms with van der Waals surface area (Å²) in [4.78, 5) is 14.3. The summed E-state index contributed by atoms with van der Waals surface area (Å²) < 4.78 is 43.8. The fourth-order valence-electron chi connectivity index (χ4n) is 2.66. The smallest absolute Gasteiger partial charge is 0.416 e. The first kappa shape index (κ1) is 20.9. The summed E-state index contributed by atoms with van der Waals surface area (Å²) in [5, 5.41) is 8.38. The molecule has 0 spiro atoms. The zero-order valence-electron chi connectivity index (χ0n) is 15.6. The Morgan fingerprint density at radius 1 is 1.10 bits per heavy atom. The molecule has 0 aliphatic carbocycles. The van der Waals surface area contributed by atoms with Crippen LogP contribution in [0.25, 0.3) is 11.5 Å². The Kier molecular flexibility index (Phi) is 5.93. The molecule has 0 saturated carbocycles. The second-order valence-electron chi connectivity index (χ2n) is 6.58. The van der Waals surface area contributed by atoms with Gasteiger partial charge in [-0.2, -0.15) is 13.2 Å². The molecule has 0 aliphatic rings. The van der Waals surface area contributed by atoms with E-state index in [2.05, 4.69) is 10.2 Å². The highest BCUT2D eigenvalue weighted by atomic mass is 35.5. The molecular formula is C20H17ClF3N3O2. The predicted octanol–water partition coefficient (Wildman–Crippen LogP) is 5.46. The SMILES string of the molecule is CC(C)N(Cc1nnc(-c2ccccc2Cl)o1)C(=O)c1ccc(C(F)(F)F)cc1. The van der Waals surface area contributed by atoms with Crippen molar-refractivity contribution in [3.8, 4) is 11.5 Å². The van der Waals surface area contributed by atoms with Crippen molar-refractivity contribution >= 4 is 17.5 Å². The molecule has 3 aromatic rings. The summed E-state index contributed by atoms with van der Waals surface area (Å²) in [6.07, 6.45) is -4.46. The molecule has 3 rings (SSSR count). The Labute approximate surface area is 170 Å². The molecule has 9 heteroatoms. The number of carbonyl (C=O) groups is 1. The summed E-state index contributed by atoms with van der Waals surface area (Å²) in [5.41, 5.74) is -0.109. The maximum atomic E-state index is 12.8. The minimum atomic E-state index is -4.46. The Bertz CT molecular complexity index is 1000. The highest BCUT2D eigenvalue weighted by Gasteiger charge is 2.31. The fourth-order valence-corrected chi connectivity index (χ4v) is 2.88. The minimum absolute atomic E-state index is 0.00890. The van der Waals surface area contributed by atoms with Crippen molar-refractivity contribution in [1.29, 1.82) is 0 Å². The molecular weight excluding hydrogens is 407 g/mol. The number of rotatable bonds is 5. The Morgan fingerprint density at radius 3 is 2.34 bits per heavy atom. The van der Waals surface area contributed by atoms with E-state index in [1.54, 1.807) is 38.1 Å². The van der Waals surface area contributed by atoms with Crippen LogP contribution < -0.4 is 0 Å². The van der Waals surface area contributed by atoms with Gasteiger partial charge in [0.2, 0.25) is 11.8 Å². The second-order valence-corrected chi connectivity index (χ2v) is 6.99. The van der Waals surface area contributed by atoms with E-state index in [1.165, 1.54) is 4.90 Å². The first-order valence-electron chi connectivity index (χ1n) is 8.72. The van der Waals surface area contributed by atoms with E-state index in [4.69, 9.17) is 16.0 Å². The summed E-state index contributed by atoms with van der Waals surface area (Å²) in [6.45, 7) is 3.58. The normalized spacial score (nSPS) is 11.7. The van der Waals surface area contributed by atoms with E-state index in [0.717, 1.165) is 24.3 Å². The number of amides is 1. The molecule has 29 heavy (non-hydrogen) atoms. The minimum Gasteiger partial charge on any atom is -0.419 e. The summed E-state index contributed by atoms with van der Waals surface area (Å²) in [5.74, 6) is -0.0311. The average Bonchev–Trinajstić information content (AvgIpc) is 3.13. The van der Waals surface area contributed by atoms with Crippen molar-refractivity contribution in [2.45, 2.75) is 32.6 Å². The fraction of sp³-hybridized carbons (Fsp3) is 0.250. The van der Waals surface area contributed by atoms with Gasteiger partial charge >= 0.3 is 6.18 Å². The number of alkyl halides is 3. The standard InChI is InChI=1S/C20H17ClF3N3O2/c1-12(2)27(19(28)13-7-9-14(10-8-13)20(22,23)24)11-17-25-26-18(29-17)15-5-3-4-6-16(15)21/h3-10,12H,11H2,1-2H3. The molecule has 1 amide bonds. The molecule has 5 nitrogen and oxygen atoms in total. The van der Waals surface area contributed by atoms with Gasteiger partial charge in [-0.25, -0.2) is 0 Å². The van der Waals surface area contributed by atoms with Gasteiger partial charge in [-0.15, -0.1) is 10.2 Å². The number of hydrogen-bond acceptors (Lipinski definition) is 4. The monoisotopic (exact) mass is 423 g/mol. The summed E-state index contributed by atoms with van der Waals surface area (Å²) >= 11 is 6.13. The molecule has 0 aliphatic heterocycles. The zero-order chi connectivity index (χ0) is 21.2. The van der Waals surface area contributed by atoms with Gasteiger partial charge in [-0.3, -0.25) is 4.79 Å². The Morgan fingerprint density at radius 2 is 1.76 bits per heavy atom. The van der Waals surface area contributed by atoms with Gasteiger partial charge in [-0.05, 0) is 50.2 Å². The first-order valence-corrected chi connectivity index (χ1v) is 9.10. The lowest BCUT2D eigenvalue weighted by Crippen LogP contribution is -2.36. The van der Waals surface area contributed by atoms with Crippen LogP contribution in [-0.2, 0) is 12.7 Å². The van der Waals surface area contributed by atoms with Crippen LogP contribution in [0, 0.1) is 0 Å². The molecule has 0 fully saturated rings. The van der Waals surface area contributed by atoms with Crippen LogP contribution in [0.4, 0.5) is 13.2 Å². The third-order valence-electron chi connectivity index (χ3n) is 4.22. The van der Waals surface area contributed by atoms with Crippen LogP contribution in [0.5, 0.6) is 0 Å². The molecule has 0 bridgehead atoms. The summed E-state index contributed by atoms with van der Waals surface area (Å²) in [7, 11) is 0. The van der Waals surface area contributed by atoms with Crippen LogP contribution in [0.1, 0.15) is 35.7 Å². The van der Waals surface area contributed by atoms with Crippen LogP contribution in [0.3, 0.4) is 0 Å². The van der Waals surface area contributed by atoms with Crippen molar-refractivity contribution in [2.75, 3.05) is 0 Å². The highest BCUT2D eigenvalue weighted by Crippen LogP contribution is 2.30. The van der Waals surface area contributed by atoms with E-state index >= 15 is 0 Å². The van der Waals surface area contributed by atoms with Gasteiger partial charge in [0.15, 0.2) is 0 Å². The lowest BCUT2D eigenvalue weighted by atomic mass is 10.1. The third kappa shape index (κ3) is 4.76. The highest BCUT2D eigenvalue weighted by molar-refractivity contribution is 6.33. The van der Waals surface area contributed by atoms with Crippen molar-refractivity contribution < 1.29 is 22.4 Å². The van der Waals surface area contributed by atoms with Crippen molar-refractivity contribution in [3.63, 3.8) is 0 Å². The number of halogens is 4. The van der Waals surface area contributed by atoms with Crippen LogP contribution in [-0.4, -0.2) is 27.0 Å². The molecule has 0 atom stereocenters. The van der Waals surface area contributed by atoms with Crippen molar-refractivity contribution in [1.82, 2.24) is 15.1 Å². The molecule has 1 heterocycles. The lowest BCUT2D eigenvalue weighted by Gasteiger charge is -2.25. The van der Waals surface area contributed by atoms with E-state index in [1.807, 2.05) is 0 Å². The number of hydrogen-bond donors (Lipinski definition) is 0. The van der Waals surface area contributed by atoms with Crippen LogP contribution in [0.2, 0.25) is 5.02 Å². The van der Waals surface area contributed by atoms with E-state index in [9.17, 15) is 18.0 Å². The Hall–Kier alpha value is -2.87. The van der Waals surface area contributed by atoms with Crippen LogP contribution in [0.15, 0.2) is 52.9 Å². The maximum absolute atomic E-state index is 12.8. The zero-order valence-corrected chi connectivity index (χ0v) is 16.3. The van der Waals surface area contributed by atoms with E-state index in [0.29, 0.717) is 10.6 Å². The van der Waals surface area contributed by atoms with E-state index in [-0.39, 0.29) is 29.9 Å². The van der Waals surface area contributed by atoms with Gasteiger partial charge < -0.3 is 9.32 Å². The van der Waals surface area contributed by atoms with Crippen molar-refractivity contribution in [2.24, 2.45) is 0 Å². The topological polar surface area (TPSA) is 59.2 Å². The van der Waals surface area contributed by atoms with Gasteiger partial charge in [-0.1, -0.05) is 23.7 Å². The molecule has 1 aromatic heterocycles. The maximum Gasteiger partial charge on any atom is 0.416 e. The molecule has 2 aromatic carbocycles. The third-order valence-corrected chi connectivity index (χ3v) is 4.55. The number of aromatic nitrogens is 2. The average molecular weight is 424 g/mol. The second kappa shape index (κ2) is 8.24. The molecule has 0 saturated heterocycles. The Balaban J connectivity index is 1.80. The number of nitrogens with zero attached hydrogens (tertiary/aromatic N) is 3. The van der Waals surface area contributed by atoms with Gasteiger partial charge in [0.1, 0.15) is 0 Å². The lowest BCUT2D eigenvalue weighted by molar-refractivity contribution is -0.137. The number of benzene rings is 2. The van der Waals surface area contributed by atoms with Gasteiger partial charge in [0, 0.05) is 11.6 Å². The van der Waals surface area contributed by atoms with E-state index < -0.39 is 17.6 Å². The van der Waals surface area contributed by atoms with Gasteiger partial charge in [0.25, 0.3) is 5.91 Å². The predicted molar refractivity (Wildman–Crippen MR) is 101 cm³/mol. The number of carbonyl (C=O) groups excluding carboxylic acids is 1. The quantitative estimate of drug-likeness (QED) is 0.546. The molecule has 0 N–H and O–H groups in total. The van der Waals surface area contributed by atoms with Gasteiger partial charge in [0.05, 0.1) is 22.7 Å². The van der Waals surface area contributed by atoms with Crippen LogP contribution >= 0.6 is 11.6 Å². The molecule has 152 valence electrons. The largest absolute Gasteiger partial charge is 0.419 e. The first-order chi connectivity index (χ1) is 13.7. The summed E-state index contributed by atoms with van der Waals surface area (Å²) in [6, 6.07) is 10.8. The molecule has 0 radical (unpaired) electrons. The van der Waals surface area contributed by atoms with Crippen molar-refractivity contribution in [3.05, 3.63) is 70.6 Å². The molecule has 0 unspecified atom stereocenters.